The van der Waals surface area contributed by atoms with Crippen molar-refractivity contribution >= 4 is 34.1 Å². The Balaban J connectivity index is 1.02. The van der Waals surface area contributed by atoms with E-state index >= 15 is 0 Å². The summed E-state index contributed by atoms with van der Waals surface area (Å²) < 4.78 is 0. The zero-order valence-corrected chi connectivity index (χ0v) is 34.1. The van der Waals surface area contributed by atoms with E-state index in [4.69, 9.17) is 0 Å². The summed E-state index contributed by atoms with van der Waals surface area (Å²) in [6.45, 7) is 4.74. The molecule has 0 heterocycles. The van der Waals surface area contributed by atoms with Gasteiger partial charge in [0.25, 0.3) is 0 Å². The normalized spacial score (nSPS) is 16.7. The molecule has 2 saturated carbocycles. The minimum absolute atomic E-state index is 0.00325. The van der Waals surface area contributed by atoms with Gasteiger partial charge in [0, 0.05) is 45.0 Å². The topological polar surface area (TPSA) is 6.48 Å². The van der Waals surface area contributed by atoms with Gasteiger partial charge >= 0.3 is 0 Å². The predicted octanol–water partition coefficient (Wildman–Crippen LogP) is 15.8. The van der Waals surface area contributed by atoms with Crippen molar-refractivity contribution in [3.05, 3.63) is 204 Å². The molecule has 2 heteroatoms. The van der Waals surface area contributed by atoms with E-state index in [1.54, 1.807) is 0 Å². The Labute approximate surface area is 345 Å². The van der Waals surface area contributed by atoms with Gasteiger partial charge in [0.2, 0.25) is 0 Å². The first-order valence-electron chi connectivity index (χ1n) is 21.8. The van der Waals surface area contributed by atoms with Crippen molar-refractivity contribution in [2.24, 2.45) is 0 Å². The van der Waals surface area contributed by atoms with E-state index in [1.165, 1.54) is 119 Å². The molecule has 0 radical (unpaired) electrons. The monoisotopic (exact) mass is 754 g/mol. The number of rotatable bonds is 9. The summed E-state index contributed by atoms with van der Waals surface area (Å²) in [5.74, 6) is 0.686. The highest BCUT2D eigenvalue weighted by molar-refractivity contribution is 5.86. The molecule has 0 bridgehead atoms. The molecule has 2 nitrogen and oxygen atoms in total. The van der Waals surface area contributed by atoms with Crippen molar-refractivity contribution in [2.45, 2.75) is 88.4 Å². The van der Waals surface area contributed by atoms with Crippen LogP contribution in [0.3, 0.4) is 0 Å². The molecule has 0 aliphatic heterocycles. The van der Waals surface area contributed by atoms with Crippen molar-refractivity contribution in [3.63, 3.8) is 0 Å². The van der Waals surface area contributed by atoms with Gasteiger partial charge in [0.15, 0.2) is 0 Å². The van der Waals surface area contributed by atoms with Gasteiger partial charge in [-0.25, -0.2) is 0 Å². The minimum Gasteiger partial charge on any atom is -0.311 e. The van der Waals surface area contributed by atoms with Crippen molar-refractivity contribution in [1.82, 2.24) is 0 Å². The van der Waals surface area contributed by atoms with Crippen LogP contribution in [0.5, 0.6) is 0 Å². The average molecular weight is 755 g/mol. The molecule has 7 aromatic carbocycles. The zero-order chi connectivity index (χ0) is 39.1. The maximum absolute atomic E-state index is 2.49. The Morgan fingerprint density at radius 3 is 1.41 bits per heavy atom. The molecule has 0 N–H and O–H groups in total. The molecule has 3 aliphatic carbocycles. The molecule has 0 aromatic heterocycles. The fraction of sp³-hybridized carbons (Fsp3) is 0.250. The highest BCUT2D eigenvalue weighted by Gasteiger charge is 2.38. The maximum Gasteiger partial charge on any atom is 0.0468 e. The molecule has 0 saturated heterocycles. The molecular formula is C56H54N2. The number of para-hydroxylation sites is 2. The molecule has 7 aromatic rings. The van der Waals surface area contributed by atoms with E-state index in [-0.39, 0.29) is 10.8 Å². The molecule has 0 spiro atoms. The Morgan fingerprint density at radius 1 is 0.397 bits per heavy atom. The van der Waals surface area contributed by atoms with Crippen molar-refractivity contribution in [2.75, 3.05) is 9.80 Å². The predicted molar refractivity (Wildman–Crippen MR) is 245 cm³/mol. The summed E-state index contributed by atoms with van der Waals surface area (Å²) in [6, 6.07) is 66.2. The summed E-state index contributed by atoms with van der Waals surface area (Å²) >= 11 is 0. The van der Waals surface area contributed by atoms with E-state index in [1.807, 2.05) is 0 Å². The molecule has 0 unspecified atom stereocenters. The van der Waals surface area contributed by atoms with Crippen molar-refractivity contribution in [3.8, 4) is 11.1 Å². The molecule has 10 rings (SSSR count). The summed E-state index contributed by atoms with van der Waals surface area (Å²) in [5.41, 5.74) is 17.0. The fourth-order valence-corrected chi connectivity index (χ4v) is 10.8. The van der Waals surface area contributed by atoms with Crippen LogP contribution in [-0.4, -0.2) is 0 Å². The third-order valence-corrected chi connectivity index (χ3v) is 13.9. The van der Waals surface area contributed by atoms with Crippen LogP contribution in [0.2, 0.25) is 0 Å². The summed E-state index contributed by atoms with van der Waals surface area (Å²) in [4.78, 5) is 4.84. The highest BCUT2D eigenvalue weighted by atomic mass is 15.1. The Hall–Kier alpha value is -5.86. The fourth-order valence-electron chi connectivity index (χ4n) is 10.8. The number of nitrogens with zero attached hydrogens (tertiary/aromatic N) is 2. The Kier molecular flexibility index (Phi) is 9.52. The zero-order valence-electron chi connectivity index (χ0n) is 34.1. The Morgan fingerprint density at radius 2 is 0.845 bits per heavy atom. The number of benzene rings is 7. The molecule has 0 atom stereocenters. The smallest absolute Gasteiger partial charge is 0.0468 e. The first kappa shape index (κ1) is 36.5. The second-order valence-corrected chi connectivity index (χ2v) is 17.6. The Bertz CT molecular complexity index is 2450. The first-order valence-corrected chi connectivity index (χ1v) is 21.8. The van der Waals surface area contributed by atoms with Gasteiger partial charge < -0.3 is 9.80 Å². The van der Waals surface area contributed by atoms with Gasteiger partial charge in [-0.05, 0) is 143 Å². The van der Waals surface area contributed by atoms with Crippen molar-refractivity contribution in [1.29, 1.82) is 0 Å². The van der Waals surface area contributed by atoms with Crippen LogP contribution < -0.4 is 9.80 Å². The van der Waals surface area contributed by atoms with Crippen LogP contribution in [0.25, 0.3) is 11.1 Å². The molecule has 288 valence electrons. The third-order valence-electron chi connectivity index (χ3n) is 13.9. The van der Waals surface area contributed by atoms with E-state index in [0.717, 1.165) is 11.4 Å². The molecule has 58 heavy (non-hydrogen) atoms. The first-order chi connectivity index (χ1) is 28.5. The lowest BCUT2D eigenvalue weighted by molar-refractivity contribution is 0.443. The van der Waals surface area contributed by atoms with Crippen LogP contribution in [0.15, 0.2) is 176 Å². The second kappa shape index (κ2) is 15.1. The number of hydrogen-bond donors (Lipinski definition) is 0. The molecule has 3 aliphatic rings. The van der Waals surface area contributed by atoms with Crippen LogP contribution in [0, 0.1) is 0 Å². The summed E-state index contributed by atoms with van der Waals surface area (Å²) in [7, 11) is 0. The van der Waals surface area contributed by atoms with E-state index in [9.17, 15) is 0 Å². The number of anilines is 6. The lowest BCUT2D eigenvalue weighted by atomic mass is 9.73. The lowest BCUT2D eigenvalue weighted by Gasteiger charge is -2.33. The van der Waals surface area contributed by atoms with Gasteiger partial charge in [-0.2, -0.15) is 0 Å². The number of hydrogen-bond acceptors (Lipinski definition) is 2. The minimum atomic E-state index is -0.0201. The van der Waals surface area contributed by atoms with E-state index in [0.29, 0.717) is 5.92 Å². The van der Waals surface area contributed by atoms with Crippen LogP contribution >= 0.6 is 0 Å². The summed E-state index contributed by atoms with van der Waals surface area (Å²) in [6.07, 6.45) is 11.5. The van der Waals surface area contributed by atoms with Crippen LogP contribution in [0.4, 0.5) is 34.1 Å². The number of fused-ring (bicyclic) bond motifs is 3. The second-order valence-electron chi connectivity index (χ2n) is 17.6. The summed E-state index contributed by atoms with van der Waals surface area (Å²) in [5, 5.41) is 0. The van der Waals surface area contributed by atoms with Crippen molar-refractivity contribution < 1.29 is 0 Å². The SMILES string of the molecule is CC1(C)c2ccccc2-c2cc(N(c3ccc(C4CCCCC4)cc3)c3ccc(C4(c5ccc(N(c6ccccc6)c6ccccc6)cc5)CCCC4)cc3)ccc21. The van der Waals surface area contributed by atoms with E-state index < -0.39 is 0 Å². The lowest BCUT2D eigenvalue weighted by Crippen LogP contribution is -2.24. The van der Waals surface area contributed by atoms with E-state index in [2.05, 4.69) is 200 Å². The third kappa shape index (κ3) is 6.44. The van der Waals surface area contributed by atoms with Gasteiger partial charge in [-0.3, -0.25) is 0 Å². The highest BCUT2D eigenvalue weighted by Crippen LogP contribution is 2.52. The quantitative estimate of drug-likeness (QED) is 0.145. The van der Waals surface area contributed by atoms with Gasteiger partial charge in [0.1, 0.15) is 0 Å². The average Bonchev–Trinajstić information content (AvgIpc) is 3.87. The largest absolute Gasteiger partial charge is 0.311 e. The van der Waals surface area contributed by atoms with Gasteiger partial charge in [0.05, 0.1) is 0 Å². The van der Waals surface area contributed by atoms with Gasteiger partial charge in [-0.15, -0.1) is 0 Å². The van der Waals surface area contributed by atoms with Gasteiger partial charge in [-0.1, -0.05) is 149 Å². The molecule has 2 fully saturated rings. The standard InChI is InChI=1S/C56H54N2/c1-55(2)53-23-13-12-22-51(53)52-40-50(36-37-54(52)55)58(47-30-24-42(25-31-47)41-16-6-3-7-17-41)49-34-28-44(29-35-49)56(38-14-15-39-56)43-26-32-48(33-27-43)57(45-18-8-4-9-19-45)46-20-10-5-11-21-46/h4-5,8-13,18-37,40-41H,3,6-7,14-17,38-39H2,1-2H3. The molecular weight excluding hydrogens is 701 g/mol. The molecule has 0 amide bonds. The van der Waals surface area contributed by atoms with Crippen LogP contribution in [0.1, 0.15) is 105 Å². The van der Waals surface area contributed by atoms with Crippen LogP contribution in [-0.2, 0) is 10.8 Å². The maximum atomic E-state index is 2.49.